The van der Waals surface area contributed by atoms with Crippen molar-refractivity contribution in [3.05, 3.63) is 36.3 Å². The van der Waals surface area contributed by atoms with E-state index in [9.17, 15) is 0 Å². The van der Waals surface area contributed by atoms with Gasteiger partial charge in [-0.25, -0.2) is 0 Å². The van der Waals surface area contributed by atoms with Gasteiger partial charge in [-0.05, 0) is 25.5 Å². The third-order valence-corrected chi connectivity index (χ3v) is 3.01. The van der Waals surface area contributed by atoms with Crippen molar-refractivity contribution in [2.45, 2.75) is 19.4 Å². The molecule has 0 aliphatic carbocycles. The maximum absolute atomic E-state index is 5.55. The highest BCUT2D eigenvalue weighted by Gasteiger charge is 2.23. The first-order valence-electron chi connectivity index (χ1n) is 5.90. The smallest absolute Gasteiger partial charge is 0.121 e. The van der Waals surface area contributed by atoms with Gasteiger partial charge in [-0.3, -0.25) is 4.90 Å². The second-order valence-corrected chi connectivity index (χ2v) is 4.48. The zero-order valence-corrected chi connectivity index (χ0v) is 12.4. The van der Waals surface area contributed by atoms with Crippen molar-refractivity contribution < 1.29 is 4.42 Å². The van der Waals surface area contributed by atoms with Crippen LogP contribution in [0.5, 0.6) is 0 Å². The molecule has 104 valence electrons. The van der Waals surface area contributed by atoms with Crippen molar-refractivity contribution in [1.82, 2.24) is 10.2 Å². The molecule has 1 N–H and O–H groups in total. The topological polar surface area (TPSA) is 28.4 Å². The molecule has 1 saturated heterocycles. The molecular formula is C13H22Cl2N2O. The highest BCUT2D eigenvalue weighted by Crippen LogP contribution is 2.27. The van der Waals surface area contributed by atoms with E-state index >= 15 is 0 Å². The van der Waals surface area contributed by atoms with Gasteiger partial charge in [0.1, 0.15) is 5.76 Å². The Hall–Kier alpha value is -0.480. The van der Waals surface area contributed by atoms with Crippen LogP contribution in [0.4, 0.5) is 0 Å². The lowest BCUT2D eigenvalue weighted by molar-refractivity contribution is 0.153. The van der Waals surface area contributed by atoms with Gasteiger partial charge >= 0.3 is 0 Å². The first kappa shape index (κ1) is 17.5. The Kier molecular flexibility index (Phi) is 8.36. The summed E-state index contributed by atoms with van der Waals surface area (Å²) in [7, 11) is 0. The van der Waals surface area contributed by atoms with Crippen LogP contribution in [0, 0.1) is 0 Å². The van der Waals surface area contributed by atoms with Crippen LogP contribution in [-0.2, 0) is 0 Å². The second-order valence-electron chi connectivity index (χ2n) is 4.48. The minimum Gasteiger partial charge on any atom is -0.468 e. The lowest BCUT2D eigenvalue weighted by Gasteiger charge is -2.33. The molecular weight excluding hydrogens is 271 g/mol. The van der Waals surface area contributed by atoms with Gasteiger partial charge in [-0.2, -0.15) is 0 Å². The summed E-state index contributed by atoms with van der Waals surface area (Å²) in [5, 5.41) is 3.37. The van der Waals surface area contributed by atoms with E-state index < -0.39 is 0 Å². The predicted octanol–water partition coefficient (Wildman–Crippen LogP) is 3.04. The highest BCUT2D eigenvalue weighted by molar-refractivity contribution is 5.85. The van der Waals surface area contributed by atoms with Crippen LogP contribution in [0.1, 0.15) is 25.1 Å². The molecule has 1 fully saturated rings. The van der Waals surface area contributed by atoms with Gasteiger partial charge in [0.15, 0.2) is 0 Å². The summed E-state index contributed by atoms with van der Waals surface area (Å²) < 4.78 is 5.55. The SMILES string of the molecule is C=C(C)C[C@@H](c1ccco1)N1CCNCC1.Cl.Cl. The van der Waals surface area contributed by atoms with Crippen molar-refractivity contribution in [2.24, 2.45) is 0 Å². The minimum atomic E-state index is 0. The van der Waals surface area contributed by atoms with Crippen LogP contribution in [0.2, 0.25) is 0 Å². The Morgan fingerprint density at radius 3 is 2.61 bits per heavy atom. The van der Waals surface area contributed by atoms with Crippen LogP contribution in [0.3, 0.4) is 0 Å². The van der Waals surface area contributed by atoms with Crippen molar-refractivity contribution in [3.8, 4) is 0 Å². The van der Waals surface area contributed by atoms with E-state index in [1.165, 1.54) is 5.57 Å². The van der Waals surface area contributed by atoms with Crippen LogP contribution >= 0.6 is 24.8 Å². The highest BCUT2D eigenvalue weighted by atomic mass is 35.5. The van der Waals surface area contributed by atoms with Gasteiger partial charge in [0.25, 0.3) is 0 Å². The number of nitrogens with one attached hydrogen (secondary N) is 1. The Balaban J connectivity index is 0.00000144. The molecule has 1 aliphatic heterocycles. The maximum Gasteiger partial charge on any atom is 0.121 e. The fourth-order valence-corrected chi connectivity index (χ4v) is 2.21. The summed E-state index contributed by atoms with van der Waals surface area (Å²) >= 11 is 0. The maximum atomic E-state index is 5.55. The number of piperazine rings is 1. The number of furan rings is 1. The molecule has 1 aromatic heterocycles. The predicted molar refractivity (Wildman–Crippen MR) is 79.8 cm³/mol. The van der Waals surface area contributed by atoms with E-state index in [0.29, 0.717) is 6.04 Å². The zero-order chi connectivity index (χ0) is 11.4. The van der Waals surface area contributed by atoms with E-state index in [-0.39, 0.29) is 24.8 Å². The molecule has 3 nitrogen and oxygen atoms in total. The summed E-state index contributed by atoms with van der Waals surface area (Å²) in [5.41, 5.74) is 1.21. The molecule has 2 heterocycles. The van der Waals surface area contributed by atoms with Crippen LogP contribution in [-0.4, -0.2) is 31.1 Å². The van der Waals surface area contributed by atoms with E-state index in [1.807, 2.05) is 6.07 Å². The van der Waals surface area contributed by atoms with E-state index in [4.69, 9.17) is 4.42 Å². The average Bonchev–Trinajstić information content (AvgIpc) is 2.80. The molecule has 0 aromatic carbocycles. The number of hydrogen-bond acceptors (Lipinski definition) is 3. The van der Waals surface area contributed by atoms with Gasteiger partial charge in [-0.15, -0.1) is 31.4 Å². The van der Waals surface area contributed by atoms with Gasteiger partial charge in [0.05, 0.1) is 12.3 Å². The van der Waals surface area contributed by atoms with Crippen molar-refractivity contribution in [1.29, 1.82) is 0 Å². The number of halogens is 2. The molecule has 0 bridgehead atoms. The summed E-state index contributed by atoms with van der Waals surface area (Å²) in [4.78, 5) is 2.48. The van der Waals surface area contributed by atoms with E-state index in [1.54, 1.807) is 6.26 Å². The molecule has 1 aliphatic rings. The van der Waals surface area contributed by atoms with E-state index in [0.717, 1.165) is 38.4 Å². The third kappa shape index (κ3) is 4.65. The van der Waals surface area contributed by atoms with Crippen LogP contribution in [0.15, 0.2) is 35.0 Å². The van der Waals surface area contributed by atoms with E-state index in [2.05, 4.69) is 29.8 Å². The summed E-state index contributed by atoms with van der Waals surface area (Å²) in [6.45, 7) is 10.4. The molecule has 0 amide bonds. The molecule has 0 radical (unpaired) electrons. The average molecular weight is 293 g/mol. The van der Waals surface area contributed by atoms with Crippen molar-refractivity contribution in [3.63, 3.8) is 0 Å². The lowest BCUT2D eigenvalue weighted by Crippen LogP contribution is -2.45. The largest absolute Gasteiger partial charge is 0.468 e. The summed E-state index contributed by atoms with van der Waals surface area (Å²) in [6.07, 6.45) is 2.73. The monoisotopic (exact) mass is 292 g/mol. The van der Waals surface area contributed by atoms with Gasteiger partial charge in [0.2, 0.25) is 0 Å². The lowest BCUT2D eigenvalue weighted by atomic mass is 10.0. The quantitative estimate of drug-likeness (QED) is 0.865. The Morgan fingerprint density at radius 2 is 2.11 bits per heavy atom. The fourth-order valence-electron chi connectivity index (χ4n) is 2.21. The molecule has 2 rings (SSSR count). The molecule has 1 atom stereocenters. The Morgan fingerprint density at radius 1 is 1.44 bits per heavy atom. The first-order valence-corrected chi connectivity index (χ1v) is 5.90. The molecule has 0 saturated carbocycles. The minimum absolute atomic E-state index is 0. The van der Waals surface area contributed by atoms with Crippen molar-refractivity contribution >= 4 is 24.8 Å². The van der Waals surface area contributed by atoms with Crippen LogP contribution < -0.4 is 5.32 Å². The Bertz CT molecular complexity index is 335. The normalized spacial score (nSPS) is 17.4. The first-order chi connectivity index (χ1) is 7.77. The number of rotatable bonds is 4. The number of nitrogens with zero attached hydrogens (tertiary/aromatic N) is 1. The van der Waals surface area contributed by atoms with Crippen LogP contribution in [0.25, 0.3) is 0 Å². The summed E-state index contributed by atoms with van der Waals surface area (Å²) in [5.74, 6) is 1.06. The zero-order valence-electron chi connectivity index (χ0n) is 10.7. The van der Waals surface area contributed by atoms with Gasteiger partial charge in [0, 0.05) is 26.2 Å². The Labute approximate surface area is 121 Å². The molecule has 5 heteroatoms. The van der Waals surface area contributed by atoms with Gasteiger partial charge < -0.3 is 9.73 Å². The standard InChI is InChI=1S/C13H20N2O.2ClH/c1-11(2)10-12(13-4-3-9-16-13)15-7-5-14-6-8-15;;/h3-4,9,12,14H,1,5-8,10H2,2H3;2*1H/t12-;;/m0../s1. The fraction of sp³-hybridized carbons (Fsp3) is 0.538. The molecule has 0 unspecified atom stereocenters. The van der Waals surface area contributed by atoms with Gasteiger partial charge in [-0.1, -0.05) is 5.57 Å². The molecule has 1 aromatic rings. The molecule has 18 heavy (non-hydrogen) atoms. The van der Waals surface area contributed by atoms with Crippen molar-refractivity contribution in [2.75, 3.05) is 26.2 Å². The second kappa shape index (κ2) is 8.59. The molecule has 0 spiro atoms. The number of hydrogen-bond donors (Lipinski definition) is 1. The summed E-state index contributed by atoms with van der Waals surface area (Å²) in [6, 6.07) is 4.38. The third-order valence-electron chi connectivity index (χ3n) is 3.01.